The number of pyridine rings is 1. The van der Waals surface area contributed by atoms with Crippen molar-refractivity contribution in [2.45, 2.75) is 19.3 Å². The number of aryl methyl sites for hydroxylation is 1. The Kier molecular flexibility index (Phi) is 4.92. The van der Waals surface area contributed by atoms with E-state index in [-0.39, 0.29) is 0 Å². The Morgan fingerprint density at radius 3 is 2.67 bits per heavy atom. The van der Waals surface area contributed by atoms with Gasteiger partial charge in [-0.3, -0.25) is 9.59 Å². The number of esters is 2. The highest BCUT2D eigenvalue weighted by Gasteiger charge is 2.27. The Hall–Kier alpha value is -2.37. The molecular weight excluding hydrogens is 272 g/mol. The van der Waals surface area contributed by atoms with Crippen molar-refractivity contribution in [3.05, 3.63) is 36.4 Å². The van der Waals surface area contributed by atoms with Crippen LogP contribution in [0, 0.1) is 5.92 Å². The van der Waals surface area contributed by atoms with E-state index in [1.165, 1.54) is 14.2 Å². The first-order valence-electron chi connectivity index (χ1n) is 6.72. The van der Waals surface area contributed by atoms with Gasteiger partial charge in [-0.05, 0) is 37.0 Å². The van der Waals surface area contributed by atoms with Crippen LogP contribution in [0.25, 0.3) is 5.52 Å². The topological polar surface area (TPSA) is 69.9 Å². The van der Waals surface area contributed by atoms with Crippen LogP contribution >= 0.6 is 0 Å². The molecule has 0 aliphatic rings. The third-order valence-corrected chi connectivity index (χ3v) is 3.41. The maximum atomic E-state index is 11.6. The van der Waals surface area contributed by atoms with Crippen molar-refractivity contribution in [3.8, 4) is 0 Å². The van der Waals surface area contributed by atoms with Gasteiger partial charge in [0.25, 0.3) is 0 Å². The molecule has 0 aliphatic carbocycles. The van der Waals surface area contributed by atoms with Gasteiger partial charge in [-0.2, -0.15) is 0 Å². The number of methoxy groups -OCH3 is 2. The molecule has 0 atom stereocenters. The molecule has 0 N–H and O–H groups in total. The predicted molar refractivity (Wildman–Crippen MR) is 75.7 cm³/mol. The zero-order valence-corrected chi connectivity index (χ0v) is 12.1. The number of aromatic nitrogens is 2. The number of rotatable bonds is 6. The first-order chi connectivity index (χ1) is 10.2. The third-order valence-electron chi connectivity index (χ3n) is 3.41. The molecule has 0 saturated heterocycles. The van der Waals surface area contributed by atoms with Gasteiger partial charge in [0.05, 0.1) is 32.3 Å². The summed E-state index contributed by atoms with van der Waals surface area (Å²) in [4.78, 5) is 27.2. The van der Waals surface area contributed by atoms with Crippen molar-refractivity contribution >= 4 is 17.5 Å². The van der Waals surface area contributed by atoms with Crippen LogP contribution in [-0.4, -0.2) is 35.5 Å². The van der Waals surface area contributed by atoms with Crippen LogP contribution < -0.4 is 0 Å². The predicted octanol–water partition coefficient (Wildman–Crippen LogP) is 1.62. The van der Waals surface area contributed by atoms with Gasteiger partial charge in [-0.1, -0.05) is 0 Å². The summed E-state index contributed by atoms with van der Waals surface area (Å²) >= 11 is 0. The summed E-state index contributed by atoms with van der Waals surface area (Å²) in [5.41, 5.74) is 2.15. The van der Waals surface area contributed by atoms with E-state index in [0.29, 0.717) is 12.8 Å². The molecule has 0 spiro atoms. The Balaban J connectivity index is 1.94. The summed E-state index contributed by atoms with van der Waals surface area (Å²) in [6.45, 7) is 0. The minimum absolute atomic E-state index is 0.407. The Labute approximate surface area is 122 Å². The lowest BCUT2D eigenvalue weighted by Crippen LogP contribution is -2.26. The van der Waals surface area contributed by atoms with E-state index >= 15 is 0 Å². The van der Waals surface area contributed by atoms with Crippen molar-refractivity contribution in [3.63, 3.8) is 0 Å². The summed E-state index contributed by atoms with van der Waals surface area (Å²) in [6, 6.07) is 4.04. The first-order valence-corrected chi connectivity index (χ1v) is 6.72. The normalized spacial score (nSPS) is 10.8. The number of fused-ring (bicyclic) bond motifs is 1. The largest absolute Gasteiger partial charge is 0.468 e. The highest BCUT2D eigenvalue weighted by Crippen LogP contribution is 2.15. The van der Waals surface area contributed by atoms with E-state index in [4.69, 9.17) is 0 Å². The lowest BCUT2D eigenvalue weighted by atomic mass is 10.00. The van der Waals surface area contributed by atoms with Gasteiger partial charge < -0.3 is 13.9 Å². The van der Waals surface area contributed by atoms with E-state index < -0.39 is 17.9 Å². The van der Waals surface area contributed by atoms with Crippen LogP contribution in [-0.2, 0) is 25.5 Å². The number of carbonyl (C=O) groups is 2. The molecule has 0 amide bonds. The molecule has 0 aromatic carbocycles. The van der Waals surface area contributed by atoms with Crippen LogP contribution in [0.15, 0.2) is 30.9 Å². The van der Waals surface area contributed by atoms with Gasteiger partial charge >= 0.3 is 11.9 Å². The van der Waals surface area contributed by atoms with E-state index in [1.807, 2.05) is 22.7 Å². The molecule has 2 aromatic rings. The first kappa shape index (κ1) is 15.0. The number of carbonyl (C=O) groups excluding carboxylic acids is 2. The van der Waals surface area contributed by atoms with Crippen LogP contribution in [0.3, 0.4) is 0 Å². The van der Waals surface area contributed by atoms with Gasteiger partial charge in [0.1, 0.15) is 0 Å². The van der Waals surface area contributed by atoms with Crippen molar-refractivity contribution in [2.75, 3.05) is 14.2 Å². The molecule has 112 valence electrons. The molecule has 21 heavy (non-hydrogen) atoms. The summed E-state index contributed by atoms with van der Waals surface area (Å²) < 4.78 is 11.2. The molecule has 0 radical (unpaired) electrons. The molecule has 6 heteroatoms. The van der Waals surface area contributed by atoms with Gasteiger partial charge in [0, 0.05) is 6.20 Å². The fourth-order valence-corrected chi connectivity index (χ4v) is 2.25. The Bertz CT molecular complexity index is 619. The summed E-state index contributed by atoms with van der Waals surface area (Å²) in [6.07, 6.45) is 7.34. The van der Waals surface area contributed by atoms with E-state index in [2.05, 4.69) is 14.5 Å². The Morgan fingerprint density at radius 2 is 2.00 bits per heavy atom. The standard InChI is InChI=1S/C15H18N2O4/c1-20-14(18)13(15(19)21-2)5-3-4-11-6-7-17-10-16-9-12(17)8-11/h6-10,13H,3-5H2,1-2H3. The molecule has 0 saturated carbocycles. The summed E-state index contributed by atoms with van der Waals surface area (Å²) in [5.74, 6) is -1.94. The second kappa shape index (κ2) is 6.88. The summed E-state index contributed by atoms with van der Waals surface area (Å²) in [5, 5.41) is 0. The molecule has 2 aromatic heterocycles. The van der Waals surface area contributed by atoms with Gasteiger partial charge in [0.15, 0.2) is 5.92 Å². The van der Waals surface area contributed by atoms with Crippen LogP contribution in [0.1, 0.15) is 18.4 Å². The minimum atomic E-state index is -0.848. The van der Waals surface area contributed by atoms with Gasteiger partial charge in [-0.25, -0.2) is 4.98 Å². The Morgan fingerprint density at radius 1 is 1.29 bits per heavy atom. The zero-order valence-electron chi connectivity index (χ0n) is 12.1. The van der Waals surface area contributed by atoms with Crippen molar-refractivity contribution < 1.29 is 19.1 Å². The molecule has 0 fully saturated rings. The number of imidazole rings is 1. The second-order valence-corrected chi connectivity index (χ2v) is 4.75. The van der Waals surface area contributed by atoms with E-state index in [0.717, 1.165) is 17.5 Å². The molecule has 2 heterocycles. The average molecular weight is 290 g/mol. The highest BCUT2D eigenvalue weighted by molar-refractivity contribution is 5.94. The maximum absolute atomic E-state index is 11.6. The monoisotopic (exact) mass is 290 g/mol. The molecule has 0 aliphatic heterocycles. The second-order valence-electron chi connectivity index (χ2n) is 4.75. The number of hydrogen-bond donors (Lipinski definition) is 0. The van der Waals surface area contributed by atoms with E-state index in [1.54, 1.807) is 12.5 Å². The number of ether oxygens (including phenoxy) is 2. The zero-order chi connectivity index (χ0) is 15.2. The summed E-state index contributed by atoms with van der Waals surface area (Å²) in [7, 11) is 2.54. The smallest absolute Gasteiger partial charge is 0.320 e. The van der Waals surface area contributed by atoms with Crippen molar-refractivity contribution in [1.29, 1.82) is 0 Å². The molecule has 6 nitrogen and oxygen atoms in total. The highest BCUT2D eigenvalue weighted by atomic mass is 16.5. The minimum Gasteiger partial charge on any atom is -0.468 e. The molecule has 0 bridgehead atoms. The fourth-order valence-electron chi connectivity index (χ4n) is 2.25. The van der Waals surface area contributed by atoms with Crippen molar-refractivity contribution in [2.24, 2.45) is 5.92 Å². The SMILES string of the molecule is COC(=O)C(CCCc1ccn2cncc2c1)C(=O)OC. The van der Waals surface area contributed by atoms with Crippen LogP contribution in [0.5, 0.6) is 0 Å². The third kappa shape index (κ3) is 3.59. The maximum Gasteiger partial charge on any atom is 0.320 e. The molecule has 0 unspecified atom stereocenters. The van der Waals surface area contributed by atoms with Crippen LogP contribution in [0.4, 0.5) is 0 Å². The lowest BCUT2D eigenvalue weighted by Gasteiger charge is -2.12. The van der Waals surface area contributed by atoms with Crippen molar-refractivity contribution in [1.82, 2.24) is 9.38 Å². The number of hydrogen-bond acceptors (Lipinski definition) is 5. The van der Waals surface area contributed by atoms with Gasteiger partial charge in [-0.15, -0.1) is 0 Å². The lowest BCUT2D eigenvalue weighted by molar-refractivity contribution is -0.159. The van der Waals surface area contributed by atoms with Crippen LogP contribution in [0.2, 0.25) is 0 Å². The fraction of sp³-hybridized carbons (Fsp3) is 0.400. The quantitative estimate of drug-likeness (QED) is 0.597. The molecular formula is C15H18N2O4. The average Bonchev–Trinajstić information content (AvgIpc) is 2.97. The van der Waals surface area contributed by atoms with Gasteiger partial charge in [0.2, 0.25) is 0 Å². The van der Waals surface area contributed by atoms with E-state index in [9.17, 15) is 9.59 Å². The molecule has 2 rings (SSSR count). The number of nitrogens with zero attached hydrogens (tertiary/aromatic N) is 2.